The van der Waals surface area contributed by atoms with E-state index in [1.165, 1.54) is 16.3 Å². The van der Waals surface area contributed by atoms with E-state index in [9.17, 15) is 4.79 Å². The van der Waals surface area contributed by atoms with Crippen molar-refractivity contribution in [3.63, 3.8) is 0 Å². The van der Waals surface area contributed by atoms with Crippen LogP contribution in [0, 0.1) is 0 Å². The molecule has 0 saturated heterocycles. The lowest BCUT2D eigenvalue weighted by atomic mass is 9.98. The lowest BCUT2D eigenvalue weighted by Gasteiger charge is -2.06. The minimum atomic E-state index is 0.301. The lowest BCUT2D eigenvalue weighted by molar-refractivity contribution is -0.118. The van der Waals surface area contributed by atoms with Crippen LogP contribution in [0.15, 0.2) is 72.8 Å². The molecule has 0 aromatic heterocycles. The molecular weight excluding hydrogens is 256 g/mol. The minimum absolute atomic E-state index is 0.301. The first-order valence-electron chi connectivity index (χ1n) is 7.35. The molecule has 21 heavy (non-hydrogen) atoms. The van der Waals surface area contributed by atoms with Gasteiger partial charge in [0.15, 0.2) is 0 Å². The Morgan fingerprint density at radius 2 is 1.48 bits per heavy atom. The number of fused-ring (bicyclic) bond motifs is 1. The van der Waals surface area contributed by atoms with Crippen molar-refractivity contribution >= 4 is 16.6 Å². The molecule has 0 bridgehead atoms. The Hall–Kier alpha value is -2.41. The standard InChI is InChI=1S/C20H18O/c21-19(14-13-16-7-2-1-3-8-16)15-18-11-6-10-17-9-4-5-12-20(17)18/h1-12H,13-15H2. The SMILES string of the molecule is O=C(CCc1ccccc1)Cc1cccc2ccccc12. The number of aryl methyl sites for hydroxylation is 1. The van der Waals surface area contributed by atoms with Gasteiger partial charge in [-0.15, -0.1) is 0 Å². The Morgan fingerprint density at radius 1 is 0.762 bits per heavy atom. The van der Waals surface area contributed by atoms with Crippen LogP contribution in [0.2, 0.25) is 0 Å². The Kier molecular flexibility index (Phi) is 4.11. The van der Waals surface area contributed by atoms with Gasteiger partial charge in [-0.2, -0.15) is 0 Å². The summed E-state index contributed by atoms with van der Waals surface area (Å²) >= 11 is 0. The fourth-order valence-electron chi connectivity index (χ4n) is 2.68. The number of carbonyl (C=O) groups is 1. The summed E-state index contributed by atoms with van der Waals surface area (Å²) in [6, 6.07) is 24.6. The number of ketones is 1. The van der Waals surface area contributed by atoms with Crippen molar-refractivity contribution < 1.29 is 4.79 Å². The second kappa shape index (κ2) is 6.36. The monoisotopic (exact) mass is 274 g/mol. The topological polar surface area (TPSA) is 17.1 Å². The second-order valence-electron chi connectivity index (χ2n) is 5.34. The highest BCUT2D eigenvalue weighted by molar-refractivity contribution is 5.90. The third-order valence-electron chi connectivity index (χ3n) is 3.80. The molecule has 3 rings (SSSR count). The summed E-state index contributed by atoms with van der Waals surface area (Å²) in [6.07, 6.45) is 1.95. The van der Waals surface area contributed by atoms with Gasteiger partial charge >= 0.3 is 0 Å². The highest BCUT2D eigenvalue weighted by Crippen LogP contribution is 2.19. The van der Waals surface area contributed by atoms with Gasteiger partial charge in [-0.1, -0.05) is 72.8 Å². The van der Waals surface area contributed by atoms with Crippen LogP contribution in [-0.2, 0) is 17.6 Å². The maximum atomic E-state index is 12.2. The van der Waals surface area contributed by atoms with Gasteiger partial charge in [0, 0.05) is 12.8 Å². The van der Waals surface area contributed by atoms with Crippen LogP contribution >= 0.6 is 0 Å². The van der Waals surface area contributed by atoms with Gasteiger partial charge < -0.3 is 0 Å². The van der Waals surface area contributed by atoms with Crippen molar-refractivity contribution in [2.75, 3.05) is 0 Å². The largest absolute Gasteiger partial charge is 0.299 e. The minimum Gasteiger partial charge on any atom is -0.299 e. The third kappa shape index (κ3) is 3.38. The molecule has 0 atom stereocenters. The van der Waals surface area contributed by atoms with Crippen molar-refractivity contribution in [1.29, 1.82) is 0 Å². The maximum Gasteiger partial charge on any atom is 0.137 e. The first kappa shape index (κ1) is 13.6. The molecule has 3 aromatic rings. The van der Waals surface area contributed by atoms with E-state index < -0.39 is 0 Å². The maximum absolute atomic E-state index is 12.2. The molecule has 0 fully saturated rings. The van der Waals surface area contributed by atoms with Gasteiger partial charge in [0.25, 0.3) is 0 Å². The number of carbonyl (C=O) groups excluding carboxylic acids is 1. The molecule has 0 unspecified atom stereocenters. The van der Waals surface area contributed by atoms with E-state index in [1.54, 1.807) is 0 Å². The molecule has 0 radical (unpaired) electrons. The number of rotatable bonds is 5. The van der Waals surface area contributed by atoms with Crippen LogP contribution in [0.1, 0.15) is 17.5 Å². The smallest absolute Gasteiger partial charge is 0.137 e. The first-order chi connectivity index (χ1) is 10.3. The van der Waals surface area contributed by atoms with Gasteiger partial charge in [-0.05, 0) is 28.3 Å². The average Bonchev–Trinajstić information content (AvgIpc) is 2.54. The van der Waals surface area contributed by atoms with Gasteiger partial charge in [-0.25, -0.2) is 0 Å². The molecule has 0 aliphatic heterocycles. The van der Waals surface area contributed by atoms with Gasteiger partial charge in [0.1, 0.15) is 5.78 Å². The predicted molar refractivity (Wildman–Crippen MR) is 87.4 cm³/mol. The normalized spacial score (nSPS) is 10.7. The Labute approximate surface area is 125 Å². The summed E-state index contributed by atoms with van der Waals surface area (Å²) in [5, 5.41) is 2.39. The number of hydrogen-bond acceptors (Lipinski definition) is 1. The van der Waals surface area contributed by atoms with Crippen LogP contribution in [-0.4, -0.2) is 5.78 Å². The quantitative estimate of drug-likeness (QED) is 0.665. The van der Waals surface area contributed by atoms with E-state index in [-0.39, 0.29) is 0 Å². The molecule has 0 amide bonds. The molecule has 0 heterocycles. The van der Waals surface area contributed by atoms with Crippen LogP contribution < -0.4 is 0 Å². The first-order valence-corrected chi connectivity index (χ1v) is 7.35. The van der Waals surface area contributed by atoms with Crippen molar-refractivity contribution in [1.82, 2.24) is 0 Å². The molecule has 0 aliphatic rings. The lowest BCUT2D eigenvalue weighted by Crippen LogP contribution is -2.04. The third-order valence-corrected chi connectivity index (χ3v) is 3.80. The van der Waals surface area contributed by atoms with Crippen LogP contribution in [0.3, 0.4) is 0 Å². The van der Waals surface area contributed by atoms with E-state index in [1.807, 2.05) is 36.4 Å². The molecule has 0 spiro atoms. The zero-order valence-corrected chi connectivity index (χ0v) is 12.0. The summed E-state index contributed by atoms with van der Waals surface area (Å²) in [7, 11) is 0. The molecule has 3 aromatic carbocycles. The van der Waals surface area contributed by atoms with E-state index in [2.05, 4.69) is 36.4 Å². The summed E-state index contributed by atoms with van der Waals surface area (Å²) in [5.41, 5.74) is 2.36. The van der Waals surface area contributed by atoms with Crippen molar-refractivity contribution in [3.8, 4) is 0 Å². The molecule has 0 aliphatic carbocycles. The van der Waals surface area contributed by atoms with Gasteiger partial charge in [0.2, 0.25) is 0 Å². The van der Waals surface area contributed by atoms with E-state index >= 15 is 0 Å². The summed E-state index contributed by atoms with van der Waals surface area (Å²) in [5.74, 6) is 0.301. The molecule has 104 valence electrons. The number of Topliss-reactive ketones (excluding diaryl/α,β-unsaturated/α-hetero) is 1. The summed E-state index contributed by atoms with van der Waals surface area (Å²) < 4.78 is 0. The second-order valence-corrected chi connectivity index (χ2v) is 5.34. The average molecular weight is 274 g/mol. The Morgan fingerprint density at radius 3 is 2.33 bits per heavy atom. The van der Waals surface area contributed by atoms with Crippen LogP contribution in [0.25, 0.3) is 10.8 Å². The zero-order chi connectivity index (χ0) is 14.5. The molecule has 0 saturated carbocycles. The summed E-state index contributed by atoms with van der Waals surface area (Å²) in [4.78, 5) is 12.2. The van der Waals surface area contributed by atoms with Gasteiger partial charge in [0.05, 0.1) is 0 Å². The van der Waals surface area contributed by atoms with E-state index in [0.717, 1.165) is 12.0 Å². The van der Waals surface area contributed by atoms with E-state index in [0.29, 0.717) is 18.6 Å². The fraction of sp³-hybridized carbons (Fsp3) is 0.150. The molecule has 1 heteroatoms. The highest BCUT2D eigenvalue weighted by Gasteiger charge is 2.07. The van der Waals surface area contributed by atoms with E-state index in [4.69, 9.17) is 0 Å². The molecule has 0 N–H and O–H groups in total. The highest BCUT2D eigenvalue weighted by atomic mass is 16.1. The van der Waals surface area contributed by atoms with Crippen LogP contribution in [0.4, 0.5) is 0 Å². The Bertz CT molecular complexity index is 739. The number of hydrogen-bond donors (Lipinski definition) is 0. The zero-order valence-electron chi connectivity index (χ0n) is 12.0. The van der Waals surface area contributed by atoms with Crippen molar-refractivity contribution in [2.24, 2.45) is 0 Å². The molecule has 1 nitrogen and oxygen atoms in total. The van der Waals surface area contributed by atoms with Crippen LogP contribution in [0.5, 0.6) is 0 Å². The number of benzene rings is 3. The van der Waals surface area contributed by atoms with Crippen molar-refractivity contribution in [3.05, 3.63) is 83.9 Å². The Balaban J connectivity index is 1.69. The van der Waals surface area contributed by atoms with Crippen molar-refractivity contribution in [2.45, 2.75) is 19.3 Å². The summed E-state index contributed by atoms with van der Waals surface area (Å²) in [6.45, 7) is 0. The fourth-order valence-corrected chi connectivity index (χ4v) is 2.68. The predicted octanol–water partition coefficient (Wildman–Crippen LogP) is 4.58. The molecular formula is C20H18O. The van der Waals surface area contributed by atoms with Gasteiger partial charge in [-0.3, -0.25) is 4.79 Å².